The van der Waals surface area contributed by atoms with E-state index in [9.17, 15) is 4.79 Å². The maximum Gasteiger partial charge on any atom is 0.337 e. The van der Waals surface area contributed by atoms with E-state index in [1.165, 1.54) is 7.11 Å². The van der Waals surface area contributed by atoms with Crippen molar-refractivity contribution in [3.63, 3.8) is 0 Å². The first-order valence-corrected chi connectivity index (χ1v) is 7.60. The van der Waals surface area contributed by atoms with Crippen molar-refractivity contribution in [1.82, 2.24) is 10.6 Å². The average molecular weight is 336 g/mol. The van der Waals surface area contributed by atoms with E-state index in [4.69, 9.17) is 26.4 Å². The van der Waals surface area contributed by atoms with E-state index in [0.29, 0.717) is 34.5 Å². The predicted octanol–water partition coefficient (Wildman–Crippen LogP) is 2.06. The second-order valence-electron chi connectivity index (χ2n) is 4.87. The normalized spacial score (nSPS) is 17.2. The summed E-state index contributed by atoms with van der Waals surface area (Å²) < 4.78 is 16.0. The highest BCUT2D eigenvalue weighted by Crippen LogP contribution is 2.39. The molecular formula is C16H20N2O4S. The summed E-state index contributed by atoms with van der Waals surface area (Å²) in [6.07, 6.45) is 0. The molecule has 0 amide bonds. The van der Waals surface area contributed by atoms with Crippen molar-refractivity contribution in [2.75, 3.05) is 20.8 Å². The molecule has 124 valence electrons. The third-order valence-corrected chi connectivity index (χ3v) is 3.72. The van der Waals surface area contributed by atoms with Gasteiger partial charge >= 0.3 is 5.97 Å². The lowest BCUT2D eigenvalue weighted by atomic mass is 9.94. The van der Waals surface area contributed by atoms with E-state index in [1.807, 2.05) is 25.1 Å². The number of benzene rings is 1. The number of esters is 1. The van der Waals surface area contributed by atoms with Gasteiger partial charge in [0.15, 0.2) is 16.6 Å². The summed E-state index contributed by atoms with van der Waals surface area (Å²) in [5.41, 5.74) is 1.85. The van der Waals surface area contributed by atoms with Crippen LogP contribution >= 0.6 is 12.2 Å². The number of thiocarbonyl (C=S) groups is 1. The van der Waals surface area contributed by atoms with Gasteiger partial charge in [0, 0.05) is 11.3 Å². The van der Waals surface area contributed by atoms with E-state index in [-0.39, 0.29) is 0 Å². The number of nitrogens with one attached hydrogen (secondary N) is 2. The first kappa shape index (κ1) is 17.1. The Morgan fingerprint density at radius 2 is 2.09 bits per heavy atom. The van der Waals surface area contributed by atoms with Crippen molar-refractivity contribution in [2.45, 2.75) is 19.9 Å². The SMILES string of the molecule is CCOc1cccc([C@H]2NC(=S)NC(C)=C2C(=O)OC)c1OC. The smallest absolute Gasteiger partial charge is 0.337 e. The van der Waals surface area contributed by atoms with Crippen LogP contribution in [-0.4, -0.2) is 31.9 Å². The van der Waals surface area contributed by atoms with Crippen molar-refractivity contribution in [3.8, 4) is 11.5 Å². The second-order valence-corrected chi connectivity index (χ2v) is 5.28. The molecule has 7 heteroatoms. The van der Waals surface area contributed by atoms with Gasteiger partial charge in [-0.3, -0.25) is 0 Å². The fraction of sp³-hybridized carbons (Fsp3) is 0.375. The van der Waals surface area contributed by atoms with E-state index < -0.39 is 12.0 Å². The number of rotatable bonds is 5. The zero-order chi connectivity index (χ0) is 17.0. The van der Waals surface area contributed by atoms with Crippen molar-refractivity contribution in [2.24, 2.45) is 0 Å². The van der Waals surface area contributed by atoms with Gasteiger partial charge in [-0.1, -0.05) is 12.1 Å². The summed E-state index contributed by atoms with van der Waals surface area (Å²) in [7, 11) is 2.91. The van der Waals surface area contributed by atoms with Crippen molar-refractivity contribution in [3.05, 3.63) is 35.0 Å². The molecule has 2 rings (SSSR count). The van der Waals surface area contributed by atoms with Crippen LogP contribution in [0.1, 0.15) is 25.5 Å². The van der Waals surface area contributed by atoms with Gasteiger partial charge in [-0.15, -0.1) is 0 Å². The van der Waals surface area contributed by atoms with Crippen LogP contribution in [0.2, 0.25) is 0 Å². The molecular weight excluding hydrogens is 316 g/mol. The molecule has 0 saturated heterocycles. The third-order valence-electron chi connectivity index (χ3n) is 3.50. The molecule has 0 spiro atoms. The van der Waals surface area contributed by atoms with Gasteiger partial charge in [-0.05, 0) is 32.1 Å². The van der Waals surface area contributed by atoms with E-state index in [2.05, 4.69) is 10.6 Å². The van der Waals surface area contributed by atoms with E-state index >= 15 is 0 Å². The summed E-state index contributed by atoms with van der Waals surface area (Å²) in [4.78, 5) is 12.2. The molecule has 0 saturated carbocycles. The Kier molecular flexibility index (Phi) is 5.44. The Hall–Kier alpha value is -2.28. The highest BCUT2D eigenvalue weighted by atomic mass is 32.1. The maximum atomic E-state index is 12.2. The Morgan fingerprint density at radius 3 is 2.70 bits per heavy atom. The van der Waals surface area contributed by atoms with E-state index in [0.717, 1.165) is 5.56 Å². The average Bonchev–Trinajstić information content (AvgIpc) is 2.53. The summed E-state index contributed by atoms with van der Waals surface area (Å²) in [6, 6.07) is 5.05. The van der Waals surface area contributed by atoms with Crippen LogP contribution in [0.25, 0.3) is 0 Å². The Balaban J connectivity index is 2.58. The van der Waals surface area contributed by atoms with Crippen LogP contribution in [-0.2, 0) is 9.53 Å². The molecule has 0 bridgehead atoms. The molecule has 1 aliphatic rings. The monoisotopic (exact) mass is 336 g/mol. The summed E-state index contributed by atoms with van der Waals surface area (Å²) in [6.45, 7) is 4.19. The number of methoxy groups -OCH3 is 2. The first-order chi connectivity index (χ1) is 11.0. The van der Waals surface area contributed by atoms with Crippen LogP contribution in [0.15, 0.2) is 29.5 Å². The lowest BCUT2D eigenvalue weighted by Gasteiger charge is -2.30. The Labute approximate surface area is 140 Å². The molecule has 0 aliphatic carbocycles. The fourth-order valence-electron chi connectivity index (χ4n) is 2.56. The number of hydrogen-bond acceptors (Lipinski definition) is 5. The molecule has 6 nitrogen and oxygen atoms in total. The zero-order valence-electron chi connectivity index (χ0n) is 13.6. The molecule has 0 aromatic heterocycles. The zero-order valence-corrected chi connectivity index (χ0v) is 14.4. The Bertz CT molecular complexity index is 657. The van der Waals surface area contributed by atoms with E-state index in [1.54, 1.807) is 14.0 Å². The molecule has 0 unspecified atom stereocenters. The number of carbonyl (C=O) groups excluding carboxylic acids is 1. The highest BCUT2D eigenvalue weighted by Gasteiger charge is 2.33. The minimum absolute atomic E-state index is 0.432. The van der Waals surface area contributed by atoms with Crippen LogP contribution in [0.5, 0.6) is 11.5 Å². The minimum Gasteiger partial charge on any atom is -0.492 e. The van der Waals surface area contributed by atoms with Crippen LogP contribution < -0.4 is 20.1 Å². The summed E-state index contributed by atoms with van der Waals surface area (Å²) in [5, 5.41) is 6.48. The van der Waals surface area contributed by atoms with Crippen LogP contribution in [0, 0.1) is 0 Å². The van der Waals surface area contributed by atoms with Crippen LogP contribution in [0.3, 0.4) is 0 Å². The van der Waals surface area contributed by atoms with Gasteiger partial charge in [0.05, 0.1) is 32.4 Å². The molecule has 1 atom stereocenters. The van der Waals surface area contributed by atoms with Gasteiger partial charge < -0.3 is 24.8 Å². The third kappa shape index (κ3) is 3.39. The van der Waals surface area contributed by atoms with Gasteiger partial charge in [0.25, 0.3) is 0 Å². The number of hydrogen-bond donors (Lipinski definition) is 2. The maximum absolute atomic E-state index is 12.2. The van der Waals surface area contributed by atoms with Gasteiger partial charge in [0.1, 0.15) is 0 Å². The molecule has 1 heterocycles. The quantitative estimate of drug-likeness (QED) is 0.630. The summed E-state index contributed by atoms with van der Waals surface area (Å²) in [5.74, 6) is 0.741. The predicted molar refractivity (Wildman–Crippen MR) is 90.5 cm³/mol. The molecule has 1 aromatic carbocycles. The minimum atomic E-state index is -0.480. The fourth-order valence-corrected chi connectivity index (χ4v) is 2.83. The van der Waals surface area contributed by atoms with Crippen LogP contribution in [0.4, 0.5) is 0 Å². The van der Waals surface area contributed by atoms with Crippen molar-refractivity contribution < 1.29 is 19.0 Å². The molecule has 0 fully saturated rings. The molecule has 1 aliphatic heterocycles. The number of ether oxygens (including phenoxy) is 3. The van der Waals surface area contributed by atoms with Gasteiger partial charge in [-0.25, -0.2) is 4.79 Å². The first-order valence-electron chi connectivity index (χ1n) is 7.19. The molecule has 23 heavy (non-hydrogen) atoms. The number of carbonyl (C=O) groups is 1. The molecule has 1 aromatic rings. The van der Waals surface area contributed by atoms with Gasteiger partial charge in [-0.2, -0.15) is 0 Å². The van der Waals surface area contributed by atoms with Crippen molar-refractivity contribution >= 4 is 23.3 Å². The Morgan fingerprint density at radius 1 is 1.35 bits per heavy atom. The largest absolute Gasteiger partial charge is 0.492 e. The standard InChI is InChI=1S/C16H20N2O4S/c1-5-22-11-8-6-7-10(14(11)20-3)13-12(15(19)21-4)9(2)17-16(23)18-13/h6-8,13H,5H2,1-4H3,(H2,17,18,23)/t13-/m1/s1. The second kappa shape index (κ2) is 7.32. The number of allylic oxidation sites excluding steroid dienone is 1. The topological polar surface area (TPSA) is 68.8 Å². The molecule has 2 N–H and O–H groups in total. The lowest BCUT2D eigenvalue weighted by Crippen LogP contribution is -2.45. The molecule has 0 radical (unpaired) electrons. The van der Waals surface area contributed by atoms with Crippen molar-refractivity contribution in [1.29, 1.82) is 0 Å². The van der Waals surface area contributed by atoms with Gasteiger partial charge in [0.2, 0.25) is 0 Å². The number of para-hydroxylation sites is 1. The highest BCUT2D eigenvalue weighted by molar-refractivity contribution is 7.80. The summed E-state index contributed by atoms with van der Waals surface area (Å²) >= 11 is 5.22. The lowest BCUT2D eigenvalue weighted by molar-refractivity contribution is -0.136.